The lowest BCUT2D eigenvalue weighted by molar-refractivity contribution is 0.0390. The number of carbonyl (C=O) groups excluding carboxylic acids is 2. The van der Waals surface area contributed by atoms with Crippen molar-refractivity contribution >= 4 is 78.3 Å². The molecule has 612 valence electrons. The number of unbranched alkanes of at least 4 members (excludes halogenated alkanes) is 36. The van der Waals surface area contributed by atoms with E-state index in [9.17, 15) is 20.1 Å². The lowest BCUT2D eigenvalue weighted by Gasteiger charge is -2.38. The van der Waals surface area contributed by atoms with Gasteiger partial charge in [0.25, 0.3) is 11.4 Å². The predicted molar refractivity (Wildman–Crippen MR) is 475 cm³/mol. The topological polar surface area (TPSA) is 167 Å². The van der Waals surface area contributed by atoms with E-state index in [0.717, 1.165) is 166 Å². The Labute approximate surface area is 702 Å². The highest BCUT2D eigenvalue weighted by atomic mass is 32.1. The Morgan fingerprint density at radius 1 is 0.414 bits per heavy atom. The summed E-state index contributed by atoms with van der Waals surface area (Å²) in [5.41, 5.74) is 3.25. The number of nitriles is 2. The molecule has 0 amide bonds. The number of ketones is 2. The molecule has 6 aromatic heterocycles. The number of fused-ring (bicyclic) bond motifs is 11. The van der Waals surface area contributed by atoms with Crippen molar-refractivity contribution in [3.8, 4) is 78.6 Å². The van der Waals surface area contributed by atoms with Gasteiger partial charge in [-0.25, -0.2) is 20.2 Å². The van der Waals surface area contributed by atoms with E-state index in [4.69, 9.17) is 45.3 Å². The van der Waals surface area contributed by atoms with Crippen LogP contribution in [0.3, 0.4) is 0 Å². The number of hydrogen-bond donors (Lipinski definition) is 0. The van der Waals surface area contributed by atoms with E-state index in [0.29, 0.717) is 67.9 Å². The van der Waals surface area contributed by atoms with Gasteiger partial charge in [0.2, 0.25) is 5.76 Å². The molecule has 0 bridgehead atoms. The number of carbonyl (C=O) groups is 2. The van der Waals surface area contributed by atoms with Crippen molar-refractivity contribution in [1.82, 2.24) is 0 Å². The average Bonchev–Trinajstić information content (AvgIpc) is 1.53. The van der Waals surface area contributed by atoms with Gasteiger partial charge in [-0.1, -0.05) is 307 Å². The molecule has 0 N–H and O–H groups in total. The van der Waals surface area contributed by atoms with Crippen molar-refractivity contribution in [1.29, 1.82) is 10.5 Å². The number of rotatable bonds is 50. The molecule has 0 fully saturated rings. The molecule has 12 rings (SSSR count). The first-order valence-corrected chi connectivity index (χ1v) is 46.8. The predicted octanol–water partition coefficient (Wildman–Crippen LogP) is 31.8. The molecule has 8 aromatic rings. The summed E-state index contributed by atoms with van der Waals surface area (Å²) in [5.74, 6) is 5.34. The Bertz CT molecular complexity index is 4590. The van der Waals surface area contributed by atoms with Crippen LogP contribution in [0.2, 0.25) is 0 Å². The summed E-state index contributed by atoms with van der Waals surface area (Å²) >= 11 is 4.79. The lowest BCUT2D eigenvalue weighted by atomic mass is 9.81. The molecule has 4 aliphatic rings. The standard InChI is InChI=1S/C100H120N4O9S3/c1-9-13-17-21-25-29-33-37-41-49-57-99(58-50-42-38-34-30-26-22-18-14-10-2)77-65-82(91-81(107-7)62-69(109-91)61-75-85(79(67-101)103-5)71-53-45-47-55-73(71)87(75)105)110-89(77)95-92(112-99)97-98(115-95)93-96(116-97)90-78(100(113-93,59-51-43-39-35-31-27-23-19-15-11-3)60-52-44-40-36-32-28-24-20-16-12-4)66-84(111-90)94-83(108-8)64-70(114-94)63-76-86(80(68-102)104-6)72-54-46-48-56-74(72)88(76)106/h45-48,53-56,61-66H,9-44,49-52,57-60H2,1-4,7-8H3/b75-61-,76-63-,85-79-,86-80+. The van der Waals surface area contributed by atoms with Crippen molar-refractivity contribution in [3.63, 3.8) is 0 Å². The Morgan fingerprint density at radius 2 is 0.759 bits per heavy atom. The Morgan fingerprint density at radius 3 is 1.12 bits per heavy atom. The maximum absolute atomic E-state index is 14.4. The van der Waals surface area contributed by atoms with Gasteiger partial charge >= 0.3 is 0 Å². The van der Waals surface area contributed by atoms with Gasteiger partial charge in [0.1, 0.15) is 43.1 Å². The SMILES string of the molecule is [C-]#[N+]/C(C#N)=C1\C(=C\c2cc(OC)c(-c3cc4c(o3)-c3sc5c6c(sc5c3OC4(CCCCCCCCCCCC)CCCCCCCCCCCC)-c3oc(-c4sc(/C=C5\C(=O)c7ccccc7\C5=C(\C#N)[N+]#[C-])cc4OC)cc3C(CCCCCCCCCCCC)(CCCCCCCCCCCC)O6)o2)C(=O)c2ccccc21. The zero-order valence-corrected chi connectivity index (χ0v) is 72.3. The van der Waals surface area contributed by atoms with Crippen molar-refractivity contribution in [2.75, 3.05) is 14.2 Å². The van der Waals surface area contributed by atoms with E-state index in [1.165, 1.54) is 191 Å². The molecule has 13 nitrogen and oxygen atoms in total. The van der Waals surface area contributed by atoms with E-state index >= 15 is 0 Å². The zero-order valence-electron chi connectivity index (χ0n) is 69.9. The van der Waals surface area contributed by atoms with Crippen LogP contribution in [-0.4, -0.2) is 25.8 Å². The highest BCUT2D eigenvalue weighted by molar-refractivity contribution is 7.32. The summed E-state index contributed by atoms with van der Waals surface area (Å²) in [6, 6.07) is 26.5. The van der Waals surface area contributed by atoms with Gasteiger partial charge in [0.15, 0.2) is 46.1 Å². The Kier molecular flexibility index (Phi) is 32.0. The molecule has 2 aliphatic heterocycles. The number of furan rings is 3. The van der Waals surface area contributed by atoms with Gasteiger partial charge in [0, 0.05) is 55.5 Å². The maximum Gasteiger partial charge on any atom is 0.270 e. The minimum Gasteiger partial charge on any atom is -0.495 e. The van der Waals surface area contributed by atoms with E-state index in [1.54, 1.807) is 79.4 Å². The molecular weight excluding hydrogens is 1500 g/mol. The van der Waals surface area contributed by atoms with Gasteiger partial charge < -0.3 is 32.2 Å². The van der Waals surface area contributed by atoms with Gasteiger partial charge in [0.05, 0.1) is 48.9 Å². The van der Waals surface area contributed by atoms with Gasteiger partial charge in [-0.15, -0.1) is 34.0 Å². The minimum atomic E-state index is -0.807. The highest BCUT2D eigenvalue weighted by Crippen LogP contribution is 2.66. The number of thiophene rings is 3. The smallest absolute Gasteiger partial charge is 0.270 e. The molecule has 2 aliphatic carbocycles. The van der Waals surface area contributed by atoms with Gasteiger partial charge in [-0.2, -0.15) is 0 Å². The van der Waals surface area contributed by atoms with Gasteiger partial charge in [-0.05, 0) is 92.8 Å². The molecule has 0 saturated carbocycles. The summed E-state index contributed by atoms with van der Waals surface area (Å²) in [6.45, 7) is 25.2. The fraction of sp³-hybridized carbons (Fsp3) is 0.520. The Balaban J connectivity index is 0.986. The molecule has 0 unspecified atom stereocenters. The van der Waals surface area contributed by atoms with Crippen LogP contribution < -0.4 is 18.9 Å². The van der Waals surface area contributed by atoms with E-state index in [-0.39, 0.29) is 34.1 Å². The quantitative estimate of drug-likeness (QED) is 0.0154. The monoisotopic (exact) mass is 1620 g/mol. The fourth-order valence-corrected chi connectivity index (χ4v) is 21.6. The van der Waals surface area contributed by atoms with Crippen molar-refractivity contribution < 1.29 is 41.8 Å². The summed E-state index contributed by atoms with van der Waals surface area (Å²) in [5, 5.41) is 20.6. The second-order valence-electron chi connectivity index (χ2n) is 32.7. The van der Waals surface area contributed by atoms with Crippen LogP contribution in [-0.2, 0) is 11.2 Å². The van der Waals surface area contributed by atoms with E-state index < -0.39 is 11.2 Å². The minimum absolute atomic E-state index is 0.131. The summed E-state index contributed by atoms with van der Waals surface area (Å²) in [4.78, 5) is 39.2. The van der Waals surface area contributed by atoms with Crippen molar-refractivity contribution in [2.45, 2.75) is 321 Å². The van der Waals surface area contributed by atoms with Crippen LogP contribution in [0.15, 0.2) is 109 Å². The fourth-order valence-electron chi connectivity index (χ4n) is 18.0. The normalized spacial score (nSPS) is 15.6. The molecular formula is C100H120N4O9S3. The molecule has 16 heteroatoms. The molecule has 8 heterocycles. The number of hydrogen-bond acceptors (Lipinski definition) is 14. The summed E-state index contributed by atoms with van der Waals surface area (Å²) in [7, 11) is 3.27. The lowest BCUT2D eigenvalue weighted by Crippen LogP contribution is -2.35. The zero-order chi connectivity index (χ0) is 81.2. The van der Waals surface area contributed by atoms with Gasteiger partial charge in [-0.3, -0.25) is 9.59 Å². The summed E-state index contributed by atoms with van der Waals surface area (Å²) < 4.78 is 52.6. The number of nitrogens with zero attached hydrogens (tertiary/aromatic N) is 4. The second kappa shape index (κ2) is 43.0. The van der Waals surface area contributed by atoms with Crippen molar-refractivity contribution in [3.05, 3.63) is 162 Å². The number of allylic oxidation sites excluding steroid dienone is 6. The number of ether oxygens (including phenoxy) is 4. The average molecular weight is 1620 g/mol. The molecule has 0 atom stereocenters. The maximum atomic E-state index is 14.4. The van der Waals surface area contributed by atoms with Crippen LogP contribution in [0, 0.1) is 35.8 Å². The van der Waals surface area contributed by atoms with Crippen LogP contribution in [0.1, 0.15) is 364 Å². The second-order valence-corrected chi connectivity index (χ2v) is 35.8. The largest absolute Gasteiger partial charge is 0.495 e. The molecule has 0 saturated heterocycles. The van der Waals surface area contributed by atoms with Crippen LogP contribution in [0.5, 0.6) is 23.0 Å². The Hall–Kier alpha value is -8.90. The van der Waals surface area contributed by atoms with Crippen molar-refractivity contribution in [2.24, 2.45) is 0 Å². The third kappa shape index (κ3) is 19.9. The van der Waals surface area contributed by atoms with Crippen LogP contribution in [0.25, 0.3) is 85.8 Å². The first kappa shape index (κ1) is 86.4. The highest BCUT2D eigenvalue weighted by Gasteiger charge is 2.50. The van der Waals surface area contributed by atoms with Crippen LogP contribution >= 0.6 is 34.0 Å². The molecule has 0 radical (unpaired) electrons. The third-order valence-electron chi connectivity index (χ3n) is 24.3. The molecule has 2 aromatic carbocycles. The molecule has 116 heavy (non-hydrogen) atoms. The molecule has 0 spiro atoms. The third-order valence-corrected chi connectivity index (χ3v) is 27.9. The van der Waals surface area contributed by atoms with E-state index in [2.05, 4.69) is 61.7 Å². The number of benzene rings is 2. The van der Waals surface area contributed by atoms with Crippen LogP contribution in [0.4, 0.5) is 0 Å². The number of Topliss-reactive ketones (excluding diaryl/α,β-unsaturated/α-hetero) is 2. The summed E-state index contributed by atoms with van der Waals surface area (Å²) in [6.07, 6.45) is 54.8. The first-order chi connectivity index (χ1) is 57.0. The first-order valence-electron chi connectivity index (χ1n) is 44.4. The van der Waals surface area contributed by atoms with E-state index in [1.807, 2.05) is 30.3 Å². The number of methoxy groups -OCH3 is 2.